The van der Waals surface area contributed by atoms with Crippen molar-refractivity contribution >= 4 is 11.8 Å². The number of nitrogens with zero attached hydrogens (tertiary/aromatic N) is 2. The highest BCUT2D eigenvalue weighted by Crippen LogP contribution is 2.48. The van der Waals surface area contributed by atoms with Crippen molar-refractivity contribution in [1.29, 1.82) is 0 Å². The Morgan fingerprint density at radius 3 is 2.65 bits per heavy atom. The number of amides is 2. The number of pyridine rings is 1. The second kappa shape index (κ2) is 6.88. The van der Waals surface area contributed by atoms with Gasteiger partial charge in [-0.25, -0.2) is 8.78 Å². The van der Waals surface area contributed by atoms with Gasteiger partial charge in [0.1, 0.15) is 17.2 Å². The quantitative estimate of drug-likeness (QED) is 0.677. The normalized spacial score (nSPS) is 24.3. The molecule has 1 aromatic heterocycles. The molecule has 2 aliphatic rings. The Morgan fingerprint density at radius 2 is 2.00 bits per heavy atom. The lowest BCUT2D eigenvalue weighted by Gasteiger charge is -2.45. The van der Waals surface area contributed by atoms with Gasteiger partial charge in [-0.3, -0.25) is 14.4 Å². The van der Waals surface area contributed by atoms with E-state index in [1.54, 1.807) is 13.8 Å². The number of likely N-dealkylation sites (N-methyl/N-ethyl adjacent to an activating group) is 1. The van der Waals surface area contributed by atoms with Gasteiger partial charge >= 0.3 is 0 Å². The predicted octanol–water partition coefficient (Wildman–Crippen LogP) is 1.39. The molecule has 2 amide bonds. The highest BCUT2D eigenvalue weighted by Gasteiger charge is 2.53. The lowest BCUT2D eigenvalue weighted by atomic mass is 9.87. The van der Waals surface area contributed by atoms with E-state index in [2.05, 4.69) is 5.32 Å². The minimum absolute atomic E-state index is 0.00994. The van der Waals surface area contributed by atoms with Gasteiger partial charge in [0.2, 0.25) is 5.43 Å². The van der Waals surface area contributed by atoms with E-state index in [1.165, 1.54) is 16.5 Å². The van der Waals surface area contributed by atoms with Crippen molar-refractivity contribution in [2.75, 3.05) is 7.05 Å². The summed E-state index contributed by atoms with van der Waals surface area (Å²) >= 11 is 0. The van der Waals surface area contributed by atoms with E-state index in [0.29, 0.717) is 6.07 Å². The van der Waals surface area contributed by atoms with Gasteiger partial charge in [-0.1, -0.05) is 6.07 Å². The van der Waals surface area contributed by atoms with Crippen LogP contribution < -0.4 is 10.7 Å². The monoisotopic (exact) mass is 433 g/mol. The molecule has 0 spiro atoms. The first kappa shape index (κ1) is 21.0. The molecule has 2 aromatic rings. The molecule has 1 aromatic carbocycles. The SMILES string of the molecule is CC1N(C)C(=O)c2c(O)c(=O)c(C(=O)NCc3ccc(F)cc3F)c3n2C1(C)CC3O. The molecule has 3 unspecified atom stereocenters. The molecule has 10 heteroatoms. The maximum Gasteiger partial charge on any atom is 0.274 e. The second-order valence-electron chi connectivity index (χ2n) is 8.21. The van der Waals surface area contributed by atoms with E-state index in [0.717, 1.165) is 12.1 Å². The van der Waals surface area contributed by atoms with E-state index in [4.69, 9.17) is 0 Å². The number of nitrogens with one attached hydrogen (secondary N) is 1. The molecule has 8 nitrogen and oxygen atoms in total. The van der Waals surface area contributed by atoms with Crippen LogP contribution in [0.5, 0.6) is 5.75 Å². The van der Waals surface area contributed by atoms with Crippen molar-refractivity contribution in [3.63, 3.8) is 0 Å². The van der Waals surface area contributed by atoms with Gasteiger partial charge in [-0.15, -0.1) is 0 Å². The van der Waals surface area contributed by atoms with Crippen molar-refractivity contribution in [3.8, 4) is 5.75 Å². The van der Waals surface area contributed by atoms with Crippen LogP contribution in [-0.2, 0) is 12.1 Å². The predicted molar refractivity (Wildman–Crippen MR) is 105 cm³/mol. The molecule has 0 bridgehead atoms. The van der Waals surface area contributed by atoms with E-state index in [-0.39, 0.29) is 29.9 Å². The minimum atomic E-state index is -1.23. The van der Waals surface area contributed by atoms with Crippen LogP contribution >= 0.6 is 0 Å². The summed E-state index contributed by atoms with van der Waals surface area (Å²) in [6.07, 6.45) is -1.11. The smallest absolute Gasteiger partial charge is 0.274 e. The number of halogens is 2. The Bertz CT molecular complexity index is 1190. The van der Waals surface area contributed by atoms with Crippen LogP contribution in [0.15, 0.2) is 23.0 Å². The number of benzene rings is 1. The van der Waals surface area contributed by atoms with Gasteiger partial charge in [0.05, 0.1) is 23.4 Å². The number of rotatable bonds is 3. The fourth-order valence-electron chi connectivity index (χ4n) is 4.57. The van der Waals surface area contributed by atoms with Crippen molar-refractivity contribution in [3.05, 3.63) is 62.6 Å². The van der Waals surface area contributed by atoms with E-state index < -0.39 is 57.9 Å². The molecule has 4 rings (SSSR count). The number of aromatic hydroxyl groups is 1. The van der Waals surface area contributed by atoms with E-state index in [9.17, 15) is 33.4 Å². The first-order valence-corrected chi connectivity index (χ1v) is 9.68. The zero-order valence-corrected chi connectivity index (χ0v) is 17.1. The number of hydrogen-bond donors (Lipinski definition) is 3. The number of hydrogen-bond acceptors (Lipinski definition) is 5. The fourth-order valence-corrected chi connectivity index (χ4v) is 4.57. The summed E-state index contributed by atoms with van der Waals surface area (Å²) in [6, 6.07) is 2.46. The highest BCUT2D eigenvalue weighted by atomic mass is 19.1. The van der Waals surface area contributed by atoms with Crippen LogP contribution in [0.25, 0.3) is 0 Å². The molecule has 2 aliphatic heterocycles. The van der Waals surface area contributed by atoms with Crippen LogP contribution in [0.1, 0.15) is 58.5 Å². The van der Waals surface area contributed by atoms with E-state index in [1.807, 2.05) is 0 Å². The Kier molecular flexibility index (Phi) is 4.65. The summed E-state index contributed by atoms with van der Waals surface area (Å²) in [5, 5.41) is 23.7. The zero-order chi connectivity index (χ0) is 22.8. The van der Waals surface area contributed by atoms with Gasteiger partial charge in [0.25, 0.3) is 11.8 Å². The third kappa shape index (κ3) is 2.85. The molecular weight excluding hydrogens is 412 g/mol. The molecule has 0 aliphatic carbocycles. The third-order valence-electron chi connectivity index (χ3n) is 6.51. The zero-order valence-electron chi connectivity index (χ0n) is 17.1. The summed E-state index contributed by atoms with van der Waals surface area (Å²) in [5.41, 5.74) is -2.83. The van der Waals surface area contributed by atoms with Crippen LogP contribution in [0.2, 0.25) is 0 Å². The summed E-state index contributed by atoms with van der Waals surface area (Å²) in [6.45, 7) is 3.19. The third-order valence-corrected chi connectivity index (χ3v) is 6.51. The largest absolute Gasteiger partial charge is 0.503 e. The standard InChI is InChI=1S/C21H21F2N3O5/c1-9-21(2)7-13(27)15-14(17(28)18(29)16(26(15)21)20(31)25(9)3)19(30)24-8-10-4-5-11(22)6-12(10)23/h4-6,9,13,27,29H,7-8H2,1-3H3,(H,24,30). The number of aliphatic hydroxyl groups excluding tert-OH is 1. The molecule has 31 heavy (non-hydrogen) atoms. The first-order chi connectivity index (χ1) is 14.5. The molecule has 3 heterocycles. The van der Waals surface area contributed by atoms with Crippen molar-refractivity contribution in [1.82, 2.24) is 14.8 Å². The van der Waals surface area contributed by atoms with Gasteiger partial charge < -0.3 is 25.0 Å². The Labute approximate surface area is 175 Å². The molecule has 164 valence electrons. The van der Waals surface area contributed by atoms with Gasteiger partial charge in [0.15, 0.2) is 11.4 Å². The number of carbonyl (C=O) groups excluding carboxylic acids is 2. The molecule has 0 fully saturated rings. The lowest BCUT2D eigenvalue weighted by Crippen LogP contribution is -2.56. The maximum absolute atomic E-state index is 13.9. The topological polar surface area (TPSA) is 112 Å². The number of aliphatic hydroxyl groups is 1. The fraction of sp³-hybridized carbons (Fsp3) is 0.381. The van der Waals surface area contributed by atoms with Crippen molar-refractivity contribution in [2.24, 2.45) is 0 Å². The van der Waals surface area contributed by atoms with Crippen LogP contribution in [0, 0.1) is 11.6 Å². The Balaban J connectivity index is 1.82. The summed E-state index contributed by atoms with van der Waals surface area (Å²) < 4.78 is 28.3. The maximum atomic E-state index is 13.9. The molecule has 0 saturated carbocycles. The van der Waals surface area contributed by atoms with Crippen LogP contribution in [0.3, 0.4) is 0 Å². The average molecular weight is 433 g/mol. The van der Waals surface area contributed by atoms with Crippen LogP contribution in [-0.4, -0.2) is 44.6 Å². The van der Waals surface area contributed by atoms with Gasteiger partial charge in [0, 0.05) is 31.6 Å². The lowest BCUT2D eigenvalue weighted by molar-refractivity contribution is 0.0411. The highest BCUT2D eigenvalue weighted by molar-refractivity contribution is 6.00. The first-order valence-electron chi connectivity index (χ1n) is 9.68. The number of aromatic nitrogens is 1. The second-order valence-corrected chi connectivity index (χ2v) is 8.21. The van der Waals surface area contributed by atoms with Gasteiger partial charge in [-0.05, 0) is 19.9 Å². The Hall–Kier alpha value is -3.27. The summed E-state index contributed by atoms with van der Waals surface area (Å²) in [7, 11) is 1.54. The molecule has 0 saturated heterocycles. The van der Waals surface area contributed by atoms with Crippen molar-refractivity contribution < 1.29 is 28.6 Å². The molecule has 0 radical (unpaired) electrons. The minimum Gasteiger partial charge on any atom is -0.503 e. The van der Waals surface area contributed by atoms with Crippen LogP contribution in [0.4, 0.5) is 8.78 Å². The number of carbonyl (C=O) groups is 2. The van der Waals surface area contributed by atoms with Crippen molar-refractivity contribution in [2.45, 2.75) is 44.5 Å². The van der Waals surface area contributed by atoms with Gasteiger partial charge in [-0.2, -0.15) is 0 Å². The molecule has 3 atom stereocenters. The summed E-state index contributed by atoms with van der Waals surface area (Å²) in [4.78, 5) is 39.9. The van der Waals surface area contributed by atoms with E-state index >= 15 is 0 Å². The summed E-state index contributed by atoms with van der Waals surface area (Å²) in [5.74, 6) is -4.08. The molecular formula is C21H21F2N3O5. The molecule has 3 N–H and O–H groups in total. The average Bonchev–Trinajstić information content (AvgIpc) is 2.97. The Morgan fingerprint density at radius 1 is 1.32 bits per heavy atom.